The molecule has 13 heavy (non-hydrogen) atoms. The predicted molar refractivity (Wildman–Crippen MR) is 57.0 cm³/mol. The lowest BCUT2D eigenvalue weighted by atomic mass is 9.76. The molecule has 1 aromatic rings. The number of fused-ring (bicyclic) bond motifs is 2. The quantitative estimate of drug-likeness (QED) is 0.730. The number of benzene rings is 1. The lowest BCUT2D eigenvalue weighted by Gasteiger charge is -2.40. The van der Waals surface area contributed by atoms with Crippen molar-refractivity contribution in [2.75, 3.05) is 13.1 Å². The molecule has 1 heterocycles. The van der Waals surface area contributed by atoms with Crippen LogP contribution in [0, 0.1) is 0 Å². The zero-order valence-corrected chi connectivity index (χ0v) is 9.02. The van der Waals surface area contributed by atoms with Crippen LogP contribution >= 0.6 is 15.9 Å². The number of hydrogen-bond donors (Lipinski definition) is 1. The van der Waals surface area contributed by atoms with E-state index in [4.69, 9.17) is 0 Å². The van der Waals surface area contributed by atoms with E-state index in [0.29, 0.717) is 5.41 Å². The minimum atomic E-state index is 0.499. The van der Waals surface area contributed by atoms with Gasteiger partial charge in [0.15, 0.2) is 0 Å². The van der Waals surface area contributed by atoms with Crippen molar-refractivity contribution >= 4 is 15.9 Å². The molecule has 0 amide bonds. The van der Waals surface area contributed by atoms with Crippen molar-refractivity contribution in [3.63, 3.8) is 0 Å². The summed E-state index contributed by atoms with van der Waals surface area (Å²) in [6.07, 6.45) is 2.61. The molecule has 1 saturated heterocycles. The van der Waals surface area contributed by atoms with Crippen LogP contribution < -0.4 is 5.32 Å². The molecular weight excluding hydrogens is 226 g/mol. The maximum absolute atomic E-state index is 3.55. The second kappa shape index (κ2) is 2.58. The molecule has 1 nitrogen and oxygen atoms in total. The number of nitrogens with one attached hydrogen (secondary N) is 1. The minimum absolute atomic E-state index is 0.499. The molecule has 0 unspecified atom stereocenters. The Hall–Kier alpha value is -0.340. The van der Waals surface area contributed by atoms with Gasteiger partial charge in [0, 0.05) is 23.0 Å². The van der Waals surface area contributed by atoms with Crippen molar-refractivity contribution in [1.82, 2.24) is 5.32 Å². The summed E-state index contributed by atoms with van der Waals surface area (Å²) in [4.78, 5) is 0. The third-order valence-corrected chi connectivity index (χ3v) is 3.94. The van der Waals surface area contributed by atoms with Gasteiger partial charge in [-0.1, -0.05) is 22.0 Å². The van der Waals surface area contributed by atoms with Crippen molar-refractivity contribution in [3.05, 3.63) is 33.8 Å². The first-order valence-corrected chi connectivity index (χ1v) is 5.59. The van der Waals surface area contributed by atoms with Gasteiger partial charge in [0.25, 0.3) is 0 Å². The van der Waals surface area contributed by atoms with E-state index in [1.807, 2.05) is 0 Å². The summed E-state index contributed by atoms with van der Waals surface area (Å²) in [5.41, 5.74) is 3.64. The van der Waals surface area contributed by atoms with Gasteiger partial charge in [-0.05, 0) is 36.1 Å². The van der Waals surface area contributed by atoms with Gasteiger partial charge in [0.2, 0.25) is 0 Å². The summed E-state index contributed by atoms with van der Waals surface area (Å²) in [5, 5.41) is 3.39. The van der Waals surface area contributed by atoms with E-state index in [1.54, 1.807) is 11.1 Å². The number of aryl methyl sites for hydroxylation is 1. The lowest BCUT2D eigenvalue weighted by molar-refractivity contribution is 0.276. The molecule has 1 aliphatic carbocycles. The third-order valence-electron chi connectivity index (χ3n) is 3.44. The average molecular weight is 238 g/mol. The zero-order valence-electron chi connectivity index (χ0n) is 7.44. The molecule has 0 aromatic heterocycles. The van der Waals surface area contributed by atoms with Crippen molar-refractivity contribution in [3.8, 4) is 0 Å². The Balaban J connectivity index is 2.14. The highest BCUT2D eigenvalue weighted by molar-refractivity contribution is 9.10. The molecule has 1 aromatic carbocycles. The molecule has 0 atom stereocenters. The van der Waals surface area contributed by atoms with E-state index in [-0.39, 0.29) is 0 Å². The molecule has 1 N–H and O–H groups in total. The monoisotopic (exact) mass is 237 g/mol. The van der Waals surface area contributed by atoms with Crippen LogP contribution in [-0.4, -0.2) is 13.1 Å². The van der Waals surface area contributed by atoms with Gasteiger partial charge in [0.05, 0.1) is 0 Å². The highest BCUT2D eigenvalue weighted by atomic mass is 79.9. The van der Waals surface area contributed by atoms with Gasteiger partial charge in [-0.3, -0.25) is 0 Å². The van der Waals surface area contributed by atoms with Gasteiger partial charge in [-0.25, -0.2) is 0 Å². The average Bonchev–Trinajstić information content (AvgIpc) is 2.41. The number of hydrogen-bond acceptors (Lipinski definition) is 1. The smallest absolute Gasteiger partial charge is 0.0209 e. The van der Waals surface area contributed by atoms with Crippen LogP contribution in [0.15, 0.2) is 22.7 Å². The molecule has 2 heteroatoms. The Morgan fingerprint density at radius 1 is 1.31 bits per heavy atom. The summed E-state index contributed by atoms with van der Waals surface area (Å²) in [6.45, 7) is 2.35. The summed E-state index contributed by atoms with van der Waals surface area (Å²) < 4.78 is 1.22. The fourth-order valence-electron chi connectivity index (χ4n) is 2.56. The van der Waals surface area contributed by atoms with E-state index >= 15 is 0 Å². The van der Waals surface area contributed by atoms with E-state index in [0.717, 1.165) is 0 Å². The fourth-order valence-corrected chi connectivity index (χ4v) is 2.92. The minimum Gasteiger partial charge on any atom is -0.315 e. The molecule has 3 rings (SSSR count). The Bertz CT molecular complexity index is 355. The SMILES string of the molecule is Brc1ccc2c(c1)C1(CC2)CNC1. The maximum atomic E-state index is 3.55. The standard InChI is InChI=1S/C11H12BrN/c12-9-2-1-8-3-4-11(6-13-7-11)10(8)5-9/h1-2,5,13H,3-4,6-7H2. The summed E-state index contributed by atoms with van der Waals surface area (Å²) in [5.74, 6) is 0. The van der Waals surface area contributed by atoms with Crippen molar-refractivity contribution in [2.24, 2.45) is 0 Å². The van der Waals surface area contributed by atoms with Gasteiger partial charge >= 0.3 is 0 Å². The first kappa shape index (κ1) is 8.01. The van der Waals surface area contributed by atoms with Crippen LogP contribution in [0.25, 0.3) is 0 Å². The van der Waals surface area contributed by atoms with Crippen LogP contribution in [0.1, 0.15) is 17.5 Å². The summed E-state index contributed by atoms with van der Waals surface area (Å²) in [6, 6.07) is 6.74. The van der Waals surface area contributed by atoms with Gasteiger partial charge in [0.1, 0.15) is 0 Å². The van der Waals surface area contributed by atoms with E-state index in [1.165, 1.54) is 30.4 Å². The second-order valence-corrected chi connectivity index (χ2v) is 5.10. The van der Waals surface area contributed by atoms with Crippen LogP contribution in [0.5, 0.6) is 0 Å². The summed E-state index contributed by atoms with van der Waals surface area (Å²) in [7, 11) is 0. The second-order valence-electron chi connectivity index (χ2n) is 4.19. The molecule has 1 fully saturated rings. The normalized spacial score (nSPS) is 22.8. The molecule has 1 aliphatic heterocycles. The van der Waals surface area contributed by atoms with Crippen LogP contribution in [-0.2, 0) is 11.8 Å². The summed E-state index contributed by atoms with van der Waals surface area (Å²) >= 11 is 3.55. The van der Waals surface area contributed by atoms with Crippen molar-refractivity contribution in [1.29, 1.82) is 0 Å². The number of rotatable bonds is 0. The Labute approximate surface area is 86.7 Å². The predicted octanol–water partition coefficient (Wildman–Crippen LogP) is 2.24. The highest BCUT2D eigenvalue weighted by Gasteiger charge is 2.43. The Kier molecular flexibility index (Phi) is 1.59. The molecule has 0 bridgehead atoms. The van der Waals surface area contributed by atoms with E-state index < -0.39 is 0 Å². The first-order valence-electron chi connectivity index (χ1n) is 4.80. The fraction of sp³-hybridized carbons (Fsp3) is 0.455. The van der Waals surface area contributed by atoms with Crippen LogP contribution in [0.4, 0.5) is 0 Å². The zero-order chi connectivity index (χ0) is 8.89. The van der Waals surface area contributed by atoms with Crippen molar-refractivity contribution < 1.29 is 0 Å². The molecule has 68 valence electrons. The Morgan fingerprint density at radius 2 is 2.15 bits per heavy atom. The largest absolute Gasteiger partial charge is 0.315 e. The molecule has 1 spiro atoms. The van der Waals surface area contributed by atoms with Crippen molar-refractivity contribution in [2.45, 2.75) is 18.3 Å². The molecule has 2 aliphatic rings. The number of halogens is 1. The third kappa shape index (κ3) is 1.02. The topological polar surface area (TPSA) is 12.0 Å². The molecular formula is C11H12BrN. The molecule has 0 saturated carbocycles. The van der Waals surface area contributed by atoms with E-state index in [2.05, 4.69) is 39.4 Å². The maximum Gasteiger partial charge on any atom is 0.0209 e. The highest BCUT2D eigenvalue weighted by Crippen LogP contribution is 2.42. The first-order chi connectivity index (χ1) is 6.30. The van der Waals surface area contributed by atoms with Gasteiger partial charge in [-0.2, -0.15) is 0 Å². The Morgan fingerprint density at radius 3 is 2.85 bits per heavy atom. The van der Waals surface area contributed by atoms with Gasteiger partial charge < -0.3 is 5.32 Å². The molecule has 0 radical (unpaired) electrons. The van der Waals surface area contributed by atoms with Crippen LogP contribution in [0.3, 0.4) is 0 Å². The van der Waals surface area contributed by atoms with E-state index in [9.17, 15) is 0 Å². The lowest BCUT2D eigenvalue weighted by Crippen LogP contribution is -2.55. The van der Waals surface area contributed by atoms with Crippen LogP contribution in [0.2, 0.25) is 0 Å². The van der Waals surface area contributed by atoms with Gasteiger partial charge in [-0.15, -0.1) is 0 Å².